The van der Waals surface area contributed by atoms with Crippen LogP contribution in [0.4, 0.5) is 0 Å². The first-order valence-electron chi connectivity index (χ1n) is 7.60. The number of nitrogens with zero attached hydrogens (tertiary/aromatic N) is 3. The Kier molecular flexibility index (Phi) is 3.98. The number of carbonyl (C=O) groups is 1. The van der Waals surface area contributed by atoms with Gasteiger partial charge in [0.15, 0.2) is 0 Å². The zero-order chi connectivity index (χ0) is 15.7. The van der Waals surface area contributed by atoms with Gasteiger partial charge in [-0.2, -0.15) is 5.10 Å². The second kappa shape index (κ2) is 5.93. The number of hydrogen-bond donors (Lipinski definition) is 0. The largest absolute Gasteiger partial charge is 0.375 e. The van der Waals surface area contributed by atoms with Crippen molar-refractivity contribution in [3.05, 3.63) is 47.8 Å². The highest BCUT2D eigenvalue weighted by Gasteiger charge is 2.30. The molecule has 22 heavy (non-hydrogen) atoms. The Morgan fingerprint density at radius 3 is 2.73 bits per heavy atom. The minimum absolute atomic E-state index is 0.0299. The lowest BCUT2D eigenvalue weighted by molar-refractivity contribution is -0.0387. The summed E-state index contributed by atoms with van der Waals surface area (Å²) in [6.07, 6.45) is 1.74. The van der Waals surface area contributed by atoms with Crippen molar-refractivity contribution in [1.82, 2.24) is 14.7 Å². The number of ether oxygens (including phenoxy) is 1. The number of carbonyl (C=O) groups excluding carboxylic acids is 1. The number of aromatic nitrogens is 2. The molecule has 2 atom stereocenters. The molecule has 0 bridgehead atoms. The summed E-state index contributed by atoms with van der Waals surface area (Å²) in [6, 6.07) is 9.93. The molecule has 5 nitrogen and oxygen atoms in total. The summed E-state index contributed by atoms with van der Waals surface area (Å²) >= 11 is 0. The monoisotopic (exact) mass is 299 g/mol. The van der Waals surface area contributed by atoms with Crippen molar-refractivity contribution in [1.29, 1.82) is 0 Å². The highest BCUT2D eigenvalue weighted by Crippen LogP contribution is 2.19. The van der Waals surface area contributed by atoms with Crippen molar-refractivity contribution in [2.24, 2.45) is 0 Å². The molecule has 0 aliphatic carbocycles. The third kappa shape index (κ3) is 2.64. The van der Waals surface area contributed by atoms with Crippen molar-refractivity contribution < 1.29 is 9.53 Å². The molecular weight excluding hydrogens is 278 g/mol. The normalized spacial score (nSPS) is 21.9. The van der Waals surface area contributed by atoms with Gasteiger partial charge in [-0.15, -0.1) is 0 Å². The van der Waals surface area contributed by atoms with Crippen LogP contribution in [0.25, 0.3) is 5.69 Å². The van der Waals surface area contributed by atoms with E-state index < -0.39 is 0 Å². The zero-order valence-corrected chi connectivity index (χ0v) is 13.2. The summed E-state index contributed by atoms with van der Waals surface area (Å²) in [5.41, 5.74) is 2.48. The second-order valence-electron chi connectivity index (χ2n) is 5.84. The van der Waals surface area contributed by atoms with Gasteiger partial charge < -0.3 is 9.64 Å². The molecule has 1 saturated heterocycles. The first kappa shape index (κ1) is 14.8. The van der Waals surface area contributed by atoms with Gasteiger partial charge in [-0.1, -0.05) is 18.2 Å². The van der Waals surface area contributed by atoms with E-state index in [2.05, 4.69) is 5.10 Å². The Morgan fingerprint density at radius 2 is 2.00 bits per heavy atom. The molecule has 1 aromatic carbocycles. The lowest BCUT2D eigenvalue weighted by atomic mass is 10.1. The minimum atomic E-state index is 0.0299. The zero-order valence-electron chi connectivity index (χ0n) is 13.2. The summed E-state index contributed by atoms with van der Waals surface area (Å²) < 4.78 is 7.40. The van der Waals surface area contributed by atoms with Crippen molar-refractivity contribution in [3.63, 3.8) is 0 Å². The van der Waals surface area contributed by atoms with Crippen LogP contribution in [-0.2, 0) is 4.74 Å². The molecule has 0 radical (unpaired) electrons. The van der Waals surface area contributed by atoms with Crippen molar-refractivity contribution in [3.8, 4) is 5.69 Å². The molecule has 116 valence electrons. The second-order valence-corrected chi connectivity index (χ2v) is 5.84. The molecular formula is C17H21N3O2. The maximum Gasteiger partial charge on any atom is 0.257 e. The number of amides is 1. The molecule has 2 heterocycles. The van der Waals surface area contributed by atoms with Gasteiger partial charge in [0, 0.05) is 6.54 Å². The fourth-order valence-corrected chi connectivity index (χ4v) is 2.79. The average Bonchev–Trinajstić information content (AvgIpc) is 2.91. The fraction of sp³-hybridized carbons (Fsp3) is 0.412. The van der Waals surface area contributed by atoms with E-state index >= 15 is 0 Å². The summed E-state index contributed by atoms with van der Waals surface area (Å²) in [7, 11) is 0. The smallest absolute Gasteiger partial charge is 0.257 e. The third-order valence-corrected chi connectivity index (χ3v) is 4.11. The maximum atomic E-state index is 12.8. The van der Waals surface area contributed by atoms with Crippen LogP contribution in [0, 0.1) is 6.92 Å². The van der Waals surface area contributed by atoms with Crippen LogP contribution >= 0.6 is 0 Å². The van der Waals surface area contributed by atoms with E-state index in [1.54, 1.807) is 6.20 Å². The Hall–Kier alpha value is -2.14. The molecule has 2 aromatic rings. The van der Waals surface area contributed by atoms with Crippen LogP contribution in [0.1, 0.15) is 29.9 Å². The molecule has 0 N–H and O–H groups in total. The van der Waals surface area contributed by atoms with Crippen LogP contribution in [0.2, 0.25) is 0 Å². The number of para-hydroxylation sites is 1. The SMILES string of the molecule is Cc1c(C(=O)N2CC(C)OCC2C)cnn1-c1ccccc1. The van der Waals surface area contributed by atoms with Gasteiger partial charge >= 0.3 is 0 Å². The number of morpholine rings is 1. The van der Waals surface area contributed by atoms with Crippen molar-refractivity contribution >= 4 is 5.91 Å². The standard InChI is InChI=1S/C17H21N3O2/c1-12-11-22-13(2)10-19(12)17(21)16-9-18-20(14(16)3)15-7-5-4-6-8-15/h4-9,12-13H,10-11H2,1-3H3. The van der Waals surface area contributed by atoms with E-state index in [0.29, 0.717) is 18.7 Å². The Balaban J connectivity index is 1.89. The fourth-order valence-electron chi connectivity index (χ4n) is 2.79. The Morgan fingerprint density at radius 1 is 1.27 bits per heavy atom. The lowest BCUT2D eigenvalue weighted by Gasteiger charge is -2.36. The summed E-state index contributed by atoms with van der Waals surface area (Å²) in [5.74, 6) is 0.0299. The van der Waals surface area contributed by atoms with E-state index in [1.807, 2.05) is 60.7 Å². The van der Waals surface area contributed by atoms with Gasteiger partial charge in [0.25, 0.3) is 5.91 Å². The van der Waals surface area contributed by atoms with E-state index in [0.717, 1.165) is 11.4 Å². The first-order valence-corrected chi connectivity index (χ1v) is 7.60. The van der Waals surface area contributed by atoms with Crippen LogP contribution in [-0.4, -0.2) is 45.9 Å². The predicted octanol–water partition coefficient (Wildman–Crippen LogP) is 2.43. The van der Waals surface area contributed by atoms with Crippen LogP contribution in [0.5, 0.6) is 0 Å². The van der Waals surface area contributed by atoms with Gasteiger partial charge in [-0.3, -0.25) is 4.79 Å². The van der Waals surface area contributed by atoms with E-state index in [4.69, 9.17) is 4.74 Å². The van der Waals surface area contributed by atoms with Crippen molar-refractivity contribution in [2.75, 3.05) is 13.2 Å². The quantitative estimate of drug-likeness (QED) is 0.855. The molecule has 0 saturated carbocycles. The molecule has 1 aliphatic heterocycles. The Bertz CT molecular complexity index is 666. The minimum Gasteiger partial charge on any atom is -0.375 e. The summed E-state index contributed by atoms with van der Waals surface area (Å²) in [5, 5.41) is 4.38. The van der Waals surface area contributed by atoms with E-state index in [9.17, 15) is 4.79 Å². The lowest BCUT2D eigenvalue weighted by Crippen LogP contribution is -2.50. The summed E-state index contributed by atoms with van der Waals surface area (Å²) in [6.45, 7) is 7.14. The molecule has 3 rings (SSSR count). The maximum absolute atomic E-state index is 12.8. The molecule has 5 heteroatoms. The van der Waals surface area contributed by atoms with Gasteiger partial charge in [0.1, 0.15) is 0 Å². The molecule has 2 unspecified atom stereocenters. The molecule has 1 fully saturated rings. The van der Waals surface area contributed by atoms with E-state index in [-0.39, 0.29) is 18.1 Å². The summed E-state index contributed by atoms with van der Waals surface area (Å²) in [4.78, 5) is 14.7. The Labute approximate surface area is 130 Å². The highest BCUT2D eigenvalue weighted by atomic mass is 16.5. The number of benzene rings is 1. The molecule has 0 spiro atoms. The van der Waals surface area contributed by atoms with Gasteiger partial charge in [-0.05, 0) is 32.9 Å². The van der Waals surface area contributed by atoms with Crippen LogP contribution < -0.4 is 0 Å². The van der Waals surface area contributed by atoms with Gasteiger partial charge in [0.05, 0.1) is 41.9 Å². The molecule has 1 aliphatic rings. The molecule has 1 aromatic heterocycles. The molecule has 1 amide bonds. The number of hydrogen-bond acceptors (Lipinski definition) is 3. The number of rotatable bonds is 2. The van der Waals surface area contributed by atoms with Crippen LogP contribution in [0.15, 0.2) is 36.5 Å². The van der Waals surface area contributed by atoms with Crippen LogP contribution in [0.3, 0.4) is 0 Å². The van der Waals surface area contributed by atoms with Gasteiger partial charge in [-0.25, -0.2) is 4.68 Å². The third-order valence-electron chi connectivity index (χ3n) is 4.11. The van der Waals surface area contributed by atoms with E-state index in [1.165, 1.54) is 0 Å². The van der Waals surface area contributed by atoms with Crippen molar-refractivity contribution in [2.45, 2.75) is 32.9 Å². The topological polar surface area (TPSA) is 47.4 Å². The van der Waals surface area contributed by atoms with Gasteiger partial charge in [0.2, 0.25) is 0 Å². The first-order chi connectivity index (χ1) is 10.6. The predicted molar refractivity (Wildman–Crippen MR) is 84.2 cm³/mol. The highest BCUT2D eigenvalue weighted by molar-refractivity contribution is 5.95. The average molecular weight is 299 g/mol.